The molecule has 0 saturated heterocycles. The summed E-state index contributed by atoms with van der Waals surface area (Å²) in [5.41, 5.74) is 13.0. The van der Waals surface area contributed by atoms with Crippen LogP contribution in [-0.4, -0.2) is 21.5 Å². The maximum Gasteiger partial charge on any atom is 0.416 e. The number of Topliss-reactive ketones (excluding diaryl/α,β-unsaturated/α-hetero) is 1. The van der Waals surface area contributed by atoms with Crippen molar-refractivity contribution >= 4 is 17.5 Å². The average molecular weight is 458 g/mol. The van der Waals surface area contributed by atoms with Gasteiger partial charge in [0.1, 0.15) is 22.9 Å². The van der Waals surface area contributed by atoms with Crippen LogP contribution < -0.4 is 11.5 Å². The number of carbonyl (C=O) groups excluding carboxylic acids is 2. The van der Waals surface area contributed by atoms with E-state index in [-0.39, 0.29) is 41.6 Å². The maximum atomic E-state index is 13.1. The number of nitrogens with zero attached hydrogens (tertiary/aromatic N) is 2. The molecule has 1 amide bonds. The van der Waals surface area contributed by atoms with Gasteiger partial charge in [-0.2, -0.15) is 18.3 Å². The molecule has 6 nitrogen and oxygen atoms in total. The molecule has 33 heavy (non-hydrogen) atoms. The molecule has 0 saturated carbocycles. The van der Waals surface area contributed by atoms with E-state index >= 15 is 0 Å². The van der Waals surface area contributed by atoms with E-state index in [2.05, 4.69) is 5.10 Å². The maximum absolute atomic E-state index is 13.1. The summed E-state index contributed by atoms with van der Waals surface area (Å²) in [7, 11) is 0. The molecule has 0 spiro atoms. The second-order valence-electron chi connectivity index (χ2n) is 8.25. The third-order valence-corrected chi connectivity index (χ3v) is 5.32. The Kier molecular flexibility index (Phi) is 6.62. The van der Waals surface area contributed by atoms with Crippen molar-refractivity contribution in [3.8, 4) is 11.3 Å². The first-order chi connectivity index (χ1) is 15.4. The highest BCUT2D eigenvalue weighted by molar-refractivity contribution is 6.03. The van der Waals surface area contributed by atoms with Gasteiger partial charge in [0, 0.05) is 24.4 Å². The number of hydrogen-bond acceptors (Lipinski definition) is 4. The lowest BCUT2D eigenvalue weighted by Crippen LogP contribution is -2.15. The minimum absolute atomic E-state index is 0.0563. The fraction of sp³-hybridized carbons (Fsp3) is 0.292. The highest BCUT2D eigenvalue weighted by Gasteiger charge is 2.32. The van der Waals surface area contributed by atoms with Gasteiger partial charge in [-0.25, -0.2) is 4.68 Å². The highest BCUT2D eigenvalue weighted by Crippen LogP contribution is 2.33. The smallest absolute Gasteiger partial charge is 0.383 e. The molecule has 1 heterocycles. The van der Waals surface area contributed by atoms with Gasteiger partial charge in [-0.05, 0) is 43.5 Å². The number of halogens is 3. The van der Waals surface area contributed by atoms with E-state index in [1.54, 1.807) is 24.3 Å². The Morgan fingerprint density at radius 2 is 1.61 bits per heavy atom. The predicted molar refractivity (Wildman–Crippen MR) is 120 cm³/mol. The van der Waals surface area contributed by atoms with Crippen LogP contribution in [-0.2, 0) is 23.8 Å². The molecule has 3 rings (SSSR count). The summed E-state index contributed by atoms with van der Waals surface area (Å²) in [5.74, 6) is -0.723. The number of nitrogens with two attached hydrogens (primary N) is 2. The van der Waals surface area contributed by atoms with Crippen LogP contribution >= 0.6 is 0 Å². The van der Waals surface area contributed by atoms with Gasteiger partial charge >= 0.3 is 6.18 Å². The summed E-state index contributed by atoms with van der Waals surface area (Å²) >= 11 is 0. The van der Waals surface area contributed by atoms with E-state index in [0.717, 1.165) is 6.07 Å². The van der Waals surface area contributed by atoms with Gasteiger partial charge in [0.25, 0.3) is 5.91 Å². The molecule has 0 unspecified atom stereocenters. The summed E-state index contributed by atoms with van der Waals surface area (Å²) in [6.07, 6.45) is -4.51. The first-order valence-electron chi connectivity index (χ1n) is 10.3. The van der Waals surface area contributed by atoms with Gasteiger partial charge < -0.3 is 11.5 Å². The molecular weight excluding hydrogens is 433 g/mol. The van der Waals surface area contributed by atoms with Crippen LogP contribution in [0, 0.1) is 6.92 Å². The van der Waals surface area contributed by atoms with Crippen molar-refractivity contribution in [3.05, 3.63) is 70.3 Å². The molecule has 0 aliphatic heterocycles. The lowest BCUT2D eigenvalue weighted by Gasteiger charge is -2.12. The third-order valence-electron chi connectivity index (χ3n) is 5.32. The number of benzene rings is 2. The van der Waals surface area contributed by atoms with Gasteiger partial charge in [-0.1, -0.05) is 36.4 Å². The van der Waals surface area contributed by atoms with Crippen LogP contribution in [0.3, 0.4) is 0 Å². The number of rotatable bonds is 7. The van der Waals surface area contributed by atoms with E-state index in [1.807, 2.05) is 13.8 Å². The number of primary amides is 1. The Hall–Kier alpha value is -3.62. The molecule has 174 valence electrons. The Bertz CT molecular complexity index is 1200. The van der Waals surface area contributed by atoms with E-state index in [1.165, 1.54) is 23.7 Å². The molecule has 1 aromatic heterocycles. The highest BCUT2D eigenvalue weighted by atomic mass is 19.4. The fourth-order valence-corrected chi connectivity index (χ4v) is 3.67. The summed E-state index contributed by atoms with van der Waals surface area (Å²) in [4.78, 5) is 24.4. The molecular formula is C24H25F3N4O2. The van der Waals surface area contributed by atoms with E-state index < -0.39 is 17.6 Å². The molecule has 4 N–H and O–H groups in total. The second kappa shape index (κ2) is 9.09. The molecule has 9 heteroatoms. The Morgan fingerprint density at radius 3 is 2.15 bits per heavy atom. The zero-order chi connectivity index (χ0) is 24.5. The quantitative estimate of drug-likeness (QED) is 0.544. The fourth-order valence-electron chi connectivity index (χ4n) is 3.67. The van der Waals surface area contributed by atoms with Gasteiger partial charge in [-0.15, -0.1) is 0 Å². The van der Waals surface area contributed by atoms with Crippen molar-refractivity contribution in [2.75, 3.05) is 5.73 Å². The summed E-state index contributed by atoms with van der Waals surface area (Å²) < 4.78 is 40.9. The van der Waals surface area contributed by atoms with Crippen molar-refractivity contribution in [1.29, 1.82) is 0 Å². The summed E-state index contributed by atoms with van der Waals surface area (Å²) in [6.45, 7) is 5.13. The topological polar surface area (TPSA) is 104 Å². The van der Waals surface area contributed by atoms with Crippen molar-refractivity contribution in [3.63, 3.8) is 0 Å². The monoisotopic (exact) mass is 458 g/mol. The Balaban J connectivity index is 1.78. The summed E-state index contributed by atoms with van der Waals surface area (Å²) in [6, 6.07) is 10.7. The van der Waals surface area contributed by atoms with E-state index in [4.69, 9.17) is 11.5 Å². The zero-order valence-electron chi connectivity index (χ0n) is 18.5. The number of carbonyl (C=O) groups is 2. The number of anilines is 1. The van der Waals surface area contributed by atoms with Crippen LogP contribution in [0.15, 0.2) is 42.5 Å². The van der Waals surface area contributed by atoms with Crippen LogP contribution in [0.2, 0.25) is 0 Å². The van der Waals surface area contributed by atoms with Crippen molar-refractivity contribution < 1.29 is 22.8 Å². The lowest BCUT2D eigenvalue weighted by molar-refractivity contribution is -0.138. The Morgan fingerprint density at radius 1 is 1.03 bits per heavy atom. The van der Waals surface area contributed by atoms with Crippen molar-refractivity contribution in [2.45, 2.75) is 45.8 Å². The van der Waals surface area contributed by atoms with Crippen LogP contribution in [0.25, 0.3) is 11.3 Å². The molecule has 2 aromatic carbocycles. The molecule has 0 atom stereocenters. The zero-order valence-corrected chi connectivity index (χ0v) is 18.5. The molecule has 0 fully saturated rings. The van der Waals surface area contributed by atoms with E-state index in [9.17, 15) is 22.8 Å². The summed E-state index contributed by atoms with van der Waals surface area (Å²) in [5, 5.41) is 4.41. The van der Waals surface area contributed by atoms with Crippen LogP contribution in [0.4, 0.5) is 19.0 Å². The number of aryl methyl sites for hydroxylation is 1. The SMILES string of the molecule is Cc1ccc(CC(=O)Cc2ccc(-c3nn(C(C)C)c(N)c3C(N)=O)cc2)cc1C(F)(F)F. The first kappa shape index (κ1) is 24.0. The van der Waals surface area contributed by atoms with Gasteiger partial charge in [0.05, 0.1) is 5.56 Å². The predicted octanol–water partition coefficient (Wildman–Crippen LogP) is 4.49. The number of hydrogen-bond donors (Lipinski definition) is 2. The number of amides is 1. The standard InChI is InChI=1S/C24H25F3N4O2/c1-13(2)31-22(28)20(23(29)33)21(30-31)17-8-6-15(7-9-17)10-18(32)11-16-5-4-14(3)19(12-16)24(25,26)27/h4-9,12-13H,10-11,28H2,1-3H3,(H2,29,33). The molecule has 0 aliphatic rings. The molecule has 0 bridgehead atoms. The van der Waals surface area contributed by atoms with Crippen LogP contribution in [0.1, 0.15) is 52.5 Å². The van der Waals surface area contributed by atoms with Gasteiger partial charge in [0.2, 0.25) is 0 Å². The van der Waals surface area contributed by atoms with Crippen LogP contribution in [0.5, 0.6) is 0 Å². The largest absolute Gasteiger partial charge is 0.416 e. The number of aromatic nitrogens is 2. The number of nitrogen functional groups attached to an aromatic ring is 1. The lowest BCUT2D eigenvalue weighted by atomic mass is 9.98. The molecule has 0 radical (unpaired) electrons. The van der Waals surface area contributed by atoms with Gasteiger partial charge in [0.15, 0.2) is 0 Å². The normalized spacial score (nSPS) is 11.7. The van der Waals surface area contributed by atoms with E-state index in [0.29, 0.717) is 22.4 Å². The minimum Gasteiger partial charge on any atom is -0.383 e. The van der Waals surface area contributed by atoms with Crippen molar-refractivity contribution in [2.24, 2.45) is 5.73 Å². The minimum atomic E-state index is -4.46. The molecule has 3 aromatic rings. The third kappa shape index (κ3) is 5.24. The van der Waals surface area contributed by atoms with Crippen molar-refractivity contribution in [1.82, 2.24) is 9.78 Å². The first-order valence-corrected chi connectivity index (χ1v) is 10.3. The second-order valence-corrected chi connectivity index (χ2v) is 8.25. The number of ketones is 1. The number of alkyl halides is 3. The average Bonchev–Trinajstić information content (AvgIpc) is 3.07. The molecule has 0 aliphatic carbocycles. The van der Waals surface area contributed by atoms with Gasteiger partial charge in [-0.3, -0.25) is 9.59 Å². The Labute approximate surface area is 189 Å².